The fourth-order valence-corrected chi connectivity index (χ4v) is 3.72. The van der Waals surface area contributed by atoms with Crippen molar-refractivity contribution in [2.75, 3.05) is 5.32 Å². The Balaban J connectivity index is 1.84. The Labute approximate surface area is 116 Å². The molecule has 1 N–H and O–H groups in total. The molecule has 0 unspecified atom stereocenters. The van der Waals surface area contributed by atoms with Gasteiger partial charge in [-0.15, -0.1) is 11.3 Å². The third-order valence-corrected chi connectivity index (χ3v) is 4.66. The van der Waals surface area contributed by atoms with E-state index in [4.69, 9.17) is 0 Å². The number of hydrogen-bond donors (Lipinski definition) is 1. The van der Waals surface area contributed by atoms with Crippen LogP contribution >= 0.6 is 11.3 Å². The highest BCUT2D eigenvalue weighted by Crippen LogP contribution is 2.30. The van der Waals surface area contributed by atoms with E-state index in [1.165, 1.54) is 23.3 Å². The summed E-state index contributed by atoms with van der Waals surface area (Å²) in [5.41, 5.74) is 3.75. The summed E-state index contributed by atoms with van der Waals surface area (Å²) in [4.78, 5) is 13.8. The van der Waals surface area contributed by atoms with Crippen LogP contribution < -0.4 is 5.32 Å². The first kappa shape index (κ1) is 12.4. The number of anilines is 1. The number of nitrogens with zero attached hydrogens (tertiary/aromatic N) is 2. The van der Waals surface area contributed by atoms with E-state index in [0.29, 0.717) is 0 Å². The molecule has 0 spiro atoms. The maximum Gasteiger partial charge on any atom is 0.256 e. The van der Waals surface area contributed by atoms with Gasteiger partial charge in [0.15, 0.2) is 0 Å². The lowest BCUT2D eigenvalue weighted by atomic mass is 9.95. The van der Waals surface area contributed by atoms with Crippen LogP contribution in [0.4, 0.5) is 5.69 Å². The lowest BCUT2D eigenvalue weighted by Crippen LogP contribution is -2.14. The molecule has 2 heterocycles. The standard InChI is InChI=1S/C14H17N3OS/c1-9-12(7-17(2)16-9)15-14(18)11-8-19-13-6-4-3-5-10(11)13/h7-8H,3-6H2,1-2H3,(H,15,18). The van der Waals surface area contributed by atoms with Crippen LogP contribution in [-0.2, 0) is 19.9 Å². The second-order valence-electron chi connectivity index (χ2n) is 5.01. The number of aromatic nitrogens is 2. The minimum absolute atomic E-state index is 0.00417. The Morgan fingerprint density at radius 2 is 2.21 bits per heavy atom. The van der Waals surface area contributed by atoms with Crippen molar-refractivity contribution in [3.05, 3.63) is 33.3 Å². The normalized spacial score (nSPS) is 14.2. The molecule has 5 heteroatoms. The molecule has 1 aliphatic carbocycles. The van der Waals surface area contributed by atoms with Gasteiger partial charge in [0.25, 0.3) is 5.91 Å². The van der Waals surface area contributed by atoms with Crippen molar-refractivity contribution in [3.8, 4) is 0 Å². The van der Waals surface area contributed by atoms with E-state index in [2.05, 4.69) is 10.4 Å². The Bertz CT molecular complexity index is 627. The molecule has 0 saturated carbocycles. The van der Waals surface area contributed by atoms with Crippen molar-refractivity contribution < 1.29 is 4.79 Å². The molecular weight excluding hydrogens is 258 g/mol. The molecule has 0 aliphatic heterocycles. The van der Waals surface area contributed by atoms with Crippen LogP contribution in [0.1, 0.15) is 39.3 Å². The average Bonchev–Trinajstić information content (AvgIpc) is 2.93. The van der Waals surface area contributed by atoms with Crippen LogP contribution in [0.3, 0.4) is 0 Å². The van der Waals surface area contributed by atoms with Gasteiger partial charge in [-0.2, -0.15) is 5.10 Å². The number of carbonyl (C=O) groups excluding carboxylic acids is 1. The quantitative estimate of drug-likeness (QED) is 0.916. The van der Waals surface area contributed by atoms with E-state index in [1.807, 2.05) is 25.5 Å². The van der Waals surface area contributed by atoms with Gasteiger partial charge in [-0.05, 0) is 38.2 Å². The van der Waals surface area contributed by atoms with Crippen molar-refractivity contribution in [3.63, 3.8) is 0 Å². The number of aryl methyl sites for hydroxylation is 3. The van der Waals surface area contributed by atoms with Crippen LogP contribution in [0.2, 0.25) is 0 Å². The van der Waals surface area contributed by atoms with Crippen molar-refractivity contribution in [1.82, 2.24) is 9.78 Å². The number of thiophene rings is 1. The summed E-state index contributed by atoms with van der Waals surface area (Å²) < 4.78 is 1.72. The van der Waals surface area contributed by atoms with Gasteiger partial charge in [0.1, 0.15) is 0 Å². The van der Waals surface area contributed by atoms with Crippen LogP contribution in [0.25, 0.3) is 0 Å². The molecule has 0 fully saturated rings. The fourth-order valence-electron chi connectivity index (χ4n) is 2.60. The van der Waals surface area contributed by atoms with Gasteiger partial charge in [0, 0.05) is 23.5 Å². The second-order valence-corrected chi connectivity index (χ2v) is 5.98. The first-order valence-electron chi connectivity index (χ1n) is 6.56. The maximum atomic E-state index is 12.4. The highest BCUT2D eigenvalue weighted by atomic mass is 32.1. The third kappa shape index (κ3) is 2.30. The summed E-state index contributed by atoms with van der Waals surface area (Å²) in [6.45, 7) is 1.90. The van der Waals surface area contributed by atoms with E-state index in [-0.39, 0.29) is 5.91 Å². The van der Waals surface area contributed by atoms with Gasteiger partial charge in [-0.1, -0.05) is 0 Å². The van der Waals surface area contributed by atoms with Crippen molar-refractivity contribution in [2.45, 2.75) is 32.6 Å². The van der Waals surface area contributed by atoms with E-state index >= 15 is 0 Å². The molecule has 1 aliphatic rings. The number of carbonyl (C=O) groups is 1. The number of nitrogens with one attached hydrogen (secondary N) is 1. The number of fused-ring (bicyclic) bond motifs is 1. The molecule has 4 nitrogen and oxygen atoms in total. The van der Waals surface area contributed by atoms with Crippen LogP contribution in [0, 0.1) is 6.92 Å². The minimum Gasteiger partial charge on any atom is -0.319 e. The zero-order chi connectivity index (χ0) is 13.4. The number of rotatable bonds is 2. The molecule has 1 amide bonds. The van der Waals surface area contributed by atoms with Crippen LogP contribution in [0.15, 0.2) is 11.6 Å². The predicted molar refractivity (Wildman–Crippen MR) is 76.9 cm³/mol. The fraction of sp³-hybridized carbons (Fsp3) is 0.429. The van der Waals surface area contributed by atoms with E-state index in [1.54, 1.807) is 16.0 Å². The van der Waals surface area contributed by atoms with Crippen molar-refractivity contribution >= 4 is 22.9 Å². The first-order chi connectivity index (χ1) is 9.15. The zero-order valence-corrected chi connectivity index (χ0v) is 12.0. The Morgan fingerprint density at radius 1 is 1.42 bits per heavy atom. The van der Waals surface area contributed by atoms with Crippen molar-refractivity contribution in [1.29, 1.82) is 0 Å². The summed E-state index contributed by atoms with van der Waals surface area (Å²) in [7, 11) is 1.86. The molecule has 0 aromatic carbocycles. The van der Waals surface area contributed by atoms with E-state index < -0.39 is 0 Å². The van der Waals surface area contributed by atoms with E-state index in [9.17, 15) is 4.79 Å². The topological polar surface area (TPSA) is 46.9 Å². The molecule has 0 radical (unpaired) electrons. The van der Waals surface area contributed by atoms with Crippen LogP contribution in [-0.4, -0.2) is 15.7 Å². The maximum absolute atomic E-state index is 12.4. The van der Waals surface area contributed by atoms with Gasteiger partial charge >= 0.3 is 0 Å². The van der Waals surface area contributed by atoms with Gasteiger partial charge in [0.05, 0.1) is 16.9 Å². The van der Waals surface area contributed by atoms with E-state index in [0.717, 1.165) is 29.8 Å². The zero-order valence-electron chi connectivity index (χ0n) is 11.2. The summed E-state index contributed by atoms with van der Waals surface area (Å²) in [6, 6.07) is 0. The summed E-state index contributed by atoms with van der Waals surface area (Å²) in [5.74, 6) is -0.00417. The number of hydrogen-bond acceptors (Lipinski definition) is 3. The predicted octanol–water partition coefficient (Wildman–Crippen LogP) is 2.92. The summed E-state index contributed by atoms with van der Waals surface area (Å²) in [6.07, 6.45) is 6.44. The smallest absolute Gasteiger partial charge is 0.256 e. The van der Waals surface area contributed by atoms with Gasteiger partial charge in [-0.25, -0.2) is 0 Å². The molecule has 3 rings (SSSR count). The Kier molecular flexibility index (Phi) is 3.14. The largest absolute Gasteiger partial charge is 0.319 e. The molecule has 100 valence electrons. The Hall–Kier alpha value is -1.62. The average molecular weight is 275 g/mol. The molecule has 2 aromatic heterocycles. The Morgan fingerprint density at radius 3 is 2.95 bits per heavy atom. The van der Waals surface area contributed by atoms with Crippen LogP contribution in [0.5, 0.6) is 0 Å². The SMILES string of the molecule is Cc1nn(C)cc1NC(=O)c1csc2c1CCCC2. The monoisotopic (exact) mass is 275 g/mol. The lowest BCUT2D eigenvalue weighted by Gasteiger charge is -2.12. The summed E-state index contributed by atoms with van der Waals surface area (Å²) >= 11 is 1.72. The van der Waals surface area contributed by atoms with Gasteiger partial charge in [-0.3, -0.25) is 9.48 Å². The van der Waals surface area contributed by atoms with Crippen molar-refractivity contribution in [2.24, 2.45) is 7.05 Å². The minimum atomic E-state index is -0.00417. The third-order valence-electron chi connectivity index (χ3n) is 3.57. The van der Waals surface area contributed by atoms with Gasteiger partial charge < -0.3 is 5.32 Å². The molecule has 19 heavy (non-hydrogen) atoms. The molecular formula is C14H17N3OS. The molecule has 0 bridgehead atoms. The first-order valence-corrected chi connectivity index (χ1v) is 7.44. The molecule has 0 saturated heterocycles. The highest BCUT2D eigenvalue weighted by Gasteiger charge is 2.20. The molecule has 0 atom stereocenters. The second kappa shape index (κ2) is 4.81. The summed E-state index contributed by atoms with van der Waals surface area (Å²) in [5, 5.41) is 9.20. The highest BCUT2D eigenvalue weighted by molar-refractivity contribution is 7.10. The lowest BCUT2D eigenvalue weighted by molar-refractivity contribution is 0.102. The van der Waals surface area contributed by atoms with Gasteiger partial charge in [0.2, 0.25) is 0 Å². The number of amides is 1. The molecule has 2 aromatic rings.